The molecule has 8 heteroatoms. The van der Waals surface area contributed by atoms with E-state index in [2.05, 4.69) is 4.72 Å². The van der Waals surface area contributed by atoms with Crippen molar-refractivity contribution >= 4 is 27.3 Å². The highest BCUT2D eigenvalue weighted by Gasteiger charge is 2.25. The van der Waals surface area contributed by atoms with Gasteiger partial charge in [0.05, 0.1) is 5.60 Å². The third kappa shape index (κ3) is 4.00. The zero-order valence-corrected chi connectivity index (χ0v) is 12.8. The second-order valence-electron chi connectivity index (χ2n) is 4.67. The fraction of sp³-hybridized carbons (Fsp3) is 0.545. The lowest BCUT2D eigenvalue weighted by molar-refractivity contribution is 0.0276. The van der Waals surface area contributed by atoms with E-state index in [0.29, 0.717) is 5.56 Å². The van der Waals surface area contributed by atoms with Crippen LogP contribution in [0.25, 0.3) is 0 Å². The van der Waals surface area contributed by atoms with Crippen LogP contribution in [0.15, 0.2) is 10.3 Å². The minimum atomic E-state index is -3.71. The molecule has 108 valence electrons. The van der Waals surface area contributed by atoms with Gasteiger partial charge in [-0.1, -0.05) is 0 Å². The third-order valence-electron chi connectivity index (χ3n) is 2.59. The fourth-order valence-corrected chi connectivity index (χ4v) is 3.83. The number of hydrogen-bond donors (Lipinski definition) is 2. The molecule has 0 bridgehead atoms. The van der Waals surface area contributed by atoms with Crippen LogP contribution in [-0.4, -0.2) is 38.7 Å². The van der Waals surface area contributed by atoms with E-state index in [1.807, 2.05) is 0 Å². The second-order valence-corrected chi connectivity index (χ2v) is 7.72. The van der Waals surface area contributed by atoms with Gasteiger partial charge in [0.1, 0.15) is 9.09 Å². The van der Waals surface area contributed by atoms with Crippen molar-refractivity contribution in [2.75, 3.05) is 13.7 Å². The Morgan fingerprint density at radius 3 is 2.53 bits per heavy atom. The Kier molecular flexibility index (Phi) is 4.72. The molecule has 0 amide bonds. The first-order valence-corrected chi connectivity index (χ1v) is 7.77. The van der Waals surface area contributed by atoms with Crippen molar-refractivity contribution < 1.29 is 23.1 Å². The predicted molar refractivity (Wildman–Crippen MR) is 72.3 cm³/mol. The van der Waals surface area contributed by atoms with Crippen LogP contribution >= 0.6 is 11.3 Å². The maximum absolute atomic E-state index is 12.0. The van der Waals surface area contributed by atoms with Crippen LogP contribution in [0, 0.1) is 6.92 Å². The number of hydrogen-bond acceptors (Lipinski definition) is 5. The van der Waals surface area contributed by atoms with E-state index in [4.69, 9.17) is 9.84 Å². The summed E-state index contributed by atoms with van der Waals surface area (Å²) >= 11 is 0.742. The lowest BCUT2D eigenvalue weighted by atomic mass is 10.1. The zero-order valence-electron chi connectivity index (χ0n) is 11.2. The van der Waals surface area contributed by atoms with E-state index in [-0.39, 0.29) is 15.6 Å². The number of nitrogens with one attached hydrogen (secondary N) is 1. The molecule has 0 aromatic carbocycles. The van der Waals surface area contributed by atoms with Crippen molar-refractivity contribution in [1.82, 2.24) is 4.72 Å². The topological polar surface area (TPSA) is 92.7 Å². The van der Waals surface area contributed by atoms with Gasteiger partial charge >= 0.3 is 5.97 Å². The molecular weight excluding hydrogens is 290 g/mol. The monoisotopic (exact) mass is 307 g/mol. The minimum absolute atomic E-state index is 0.00527. The Morgan fingerprint density at radius 2 is 2.11 bits per heavy atom. The molecule has 0 spiro atoms. The molecule has 1 aromatic rings. The highest BCUT2D eigenvalue weighted by atomic mass is 32.2. The smallest absolute Gasteiger partial charge is 0.346 e. The van der Waals surface area contributed by atoms with E-state index in [1.54, 1.807) is 20.8 Å². The zero-order chi connectivity index (χ0) is 14.8. The molecule has 6 nitrogen and oxygen atoms in total. The van der Waals surface area contributed by atoms with Crippen LogP contribution in [0.1, 0.15) is 29.1 Å². The summed E-state index contributed by atoms with van der Waals surface area (Å²) in [5.41, 5.74) is -0.196. The minimum Gasteiger partial charge on any atom is -0.477 e. The quantitative estimate of drug-likeness (QED) is 0.830. The molecular formula is C11H17NO5S2. The van der Waals surface area contributed by atoms with Gasteiger partial charge in [-0.05, 0) is 32.4 Å². The standard InChI is InChI=1S/C11H17NO5S2/c1-7-5-8(18-9(7)10(13)14)19(15,16)12-6-11(2,3)17-4/h5,12H,6H2,1-4H3,(H,13,14). The molecule has 0 saturated heterocycles. The molecule has 1 aromatic heterocycles. The maximum Gasteiger partial charge on any atom is 0.346 e. The Labute approximate surface area is 116 Å². The number of ether oxygens (including phenoxy) is 1. The molecule has 0 unspecified atom stereocenters. The first-order valence-electron chi connectivity index (χ1n) is 5.47. The van der Waals surface area contributed by atoms with Crippen molar-refractivity contribution in [3.63, 3.8) is 0 Å². The van der Waals surface area contributed by atoms with E-state index in [1.165, 1.54) is 13.2 Å². The number of carbonyl (C=O) groups is 1. The van der Waals surface area contributed by atoms with Gasteiger partial charge in [-0.25, -0.2) is 17.9 Å². The van der Waals surface area contributed by atoms with Crippen molar-refractivity contribution in [2.45, 2.75) is 30.6 Å². The van der Waals surface area contributed by atoms with Gasteiger partial charge in [-0.3, -0.25) is 0 Å². The highest BCUT2D eigenvalue weighted by Crippen LogP contribution is 2.26. The second kappa shape index (κ2) is 5.58. The van der Waals surface area contributed by atoms with Gasteiger partial charge in [0.2, 0.25) is 10.0 Å². The van der Waals surface area contributed by atoms with Gasteiger partial charge in [-0.15, -0.1) is 11.3 Å². The van der Waals surface area contributed by atoms with Gasteiger partial charge in [0.25, 0.3) is 0 Å². The Balaban J connectivity index is 2.96. The van der Waals surface area contributed by atoms with Crippen LogP contribution in [0.3, 0.4) is 0 Å². The Morgan fingerprint density at radius 1 is 1.53 bits per heavy atom. The Hall–Kier alpha value is -0.960. The summed E-state index contributed by atoms with van der Waals surface area (Å²) < 4.78 is 31.6. The summed E-state index contributed by atoms with van der Waals surface area (Å²) in [5, 5.41) is 8.92. The van der Waals surface area contributed by atoms with E-state index >= 15 is 0 Å². The first-order chi connectivity index (χ1) is 8.59. The third-order valence-corrected chi connectivity index (χ3v) is 5.69. The van der Waals surface area contributed by atoms with Crippen molar-refractivity contribution in [3.8, 4) is 0 Å². The van der Waals surface area contributed by atoms with E-state index < -0.39 is 21.6 Å². The number of rotatable bonds is 6. The molecule has 2 N–H and O–H groups in total. The molecule has 0 saturated carbocycles. The summed E-state index contributed by atoms with van der Waals surface area (Å²) in [7, 11) is -2.22. The average Bonchev–Trinajstić information content (AvgIpc) is 2.70. The molecule has 1 rings (SSSR count). The molecule has 0 aliphatic carbocycles. The fourth-order valence-electron chi connectivity index (χ4n) is 1.21. The molecule has 1 heterocycles. The first kappa shape index (κ1) is 16.1. The maximum atomic E-state index is 12.0. The van der Waals surface area contributed by atoms with Gasteiger partial charge in [0, 0.05) is 13.7 Å². The number of thiophene rings is 1. The summed E-state index contributed by atoms with van der Waals surface area (Å²) in [4.78, 5) is 10.9. The van der Waals surface area contributed by atoms with Crippen LogP contribution in [0.5, 0.6) is 0 Å². The molecule has 0 aliphatic heterocycles. The van der Waals surface area contributed by atoms with E-state index in [9.17, 15) is 13.2 Å². The SMILES string of the molecule is COC(C)(C)CNS(=O)(=O)c1cc(C)c(C(=O)O)s1. The number of aromatic carboxylic acids is 1. The highest BCUT2D eigenvalue weighted by molar-refractivity contribution is 7.91. The van der Waals surface area contributed by atoms with Crippen LogP contribution in [0.4, 0.5) is 0 Å². The largest absolute Gasteiger partial charge is 0.477 e. The molecule has 0 atom stereocenters. The summed E-state index contributed by atoms with van der Waals surface area (Å²) in [6.07, 6.45) is 0. The lowest BCUT2D eigenvalue weighted by Crippen LogP contribution is -2.39. The van der Waals surface area contributed by atoms with Crippen molar-refractivity contribution in [3.05, 3.63) is 16.5 Å². The van der Waals surface area contributed by atoms with Crippen LogP contribution in [0.2, 0.25) is 0 Å². The summed E-state index contributed by atoms with van der Waals surface area (Å²) in [6.45, 7) is 5.17. The average molecular weight is 307 g/mol. The van der Waals surface area contributed by atoms with Crippen molar-refractivity contribution in [2.24, 2.45) is 0 Å². The Bertz CT molecular complexity index is 574. The van der Waals surface area contributed by atoms with Gasteiger partial charge in [0.15, 0.2) is 0 Å². The summed E-state index contributed by atoms with van der Waals surface area (Å²) in [5.74, 6) is -1.12. The van der Waals surface area contributed by atoms with Crippen LogP contribution in [-0.2, 0) is 14.8 Å². The number of aryl methyl sites for hydroxylation is 1. The van der Waals surface area contributed by atoms with Crippen molar-refractivity contribution in [1.29, 1.82) is 0 Å². The molecule has 0 aliphatic rings. The predicted octanol–water partition coefficient (Wildman–Crippen LogP) is 1.46. The summed E-state index contributed by atoms with van der Waals surface area (Å²) in [6, 6.07) is 1.36. The number of carboxylic acid groups (broad SMARTS) is 1. The van der Waals surface area contributed by atoms with Gasteiger partial charge in [-0.2, -0.15) is 0 Å². The van der Waals surface area contributed by atoms with Gasteiger partial charge < -0.3 is 9.84 Å². The number of carboxylic acids is 1. The number of methoxy groups -OCH3 is 1. The molecule has 0 fully saturated rings. The van der Waals surface area contributed by atoms with Crippen LogP contribution < -0.4 is 4.72 Å². The molecule has 19 heavy (non-hydrogen) atoms. The van der Waals surface area contributed by atoms with E-state index in [0.717, 1.165) is 11.3 Å². The molecule has 0 radical (unpaired) electrons. The number of sulfonamides is 1. The lowest BCUT2D eigenvalue weighted by Gasteiger charge is -2.22. The normalized spacial score (nSPS) is 12.6.